The maximum absolute atomic E-state index is 12.4. The summed E-state index contributed by atoms with van der Waals surface area (Å²) in [5, 5.41) is 0. The monoisotopic (exact) mass is 466 g/mol. The average molecular weight is 467 g/mol. The highest BCUT2D eigenvalue weighted by atomic mass is 16.6. The third-order valence-corrected chi connectivity index (χ3v) is 6.85. The summed E-state index contributed by atoms with van der Waals surface area (Å²) in [6.45, 7) is 4.87. The maximum atomic E-state index is 12.4. The minimum atomic E-state index is -0.103. The van der Waals surface area contributed by atoms with Crippen molar-refractivity contribution in [3.8, 4) is 11.5 Å². The Bertz CT molecular complexity index is 955. The van der Waals surface area contributed by atoms with Crippen LogP contribution in [0.1, 0.15) is 54.7 Å². The molecule has 0 spiro atoms. The first-order valence-corrected chi connectivity index (χ1v) is 12.5. The molecule has 3 fully saturated rings. The smallest absolute Gasteiger partial charge is 0.306 e. The number of hydrogen-bond donors (Lipinski definition) is 0. The molecule has 0 N–H and O–H groups in total. The minimum Gasteiger partial charge on any atom is -0.491 e. The first kappa shape index (κ1) is 23.2. The molecule has 182 valence electrons. The fourth-order valence-corrected chi connectivity index (χ4v) is 4.57. The van der Waals surface area contributed by atoms with E-state index in [4.69, 9.17) is 23.7 Å². The molecule has 6 heteroatoms. The summed E-state index contributed by atoms with van der Waals surface area (Å²) < 4.78 is 27.7. The van der Waals surface area contributed by atoms with Crippen LogP contribution in [0.3, 0.4) is 0 Å². The van der Waals surface area contributed by atoms with Crippen molar-refractivity contribution in [1.82, 2.24) is 0 Å². The van der Waals surface area contributed by atoms with Crippen molar-refractivity contribution in [2.24, 2.45) is 0 Å². The van der Waals surface area contributed by atoms with E-state index >= 15 is 0 Å². The molecular formula is C28H34O6. The van der Waals surface area contributed by atoms with Gasteiger partial charge in [-0.1, -0.05) is 24.3 Å². The zero-order valence-electron chi connectivity index (χ0n) is 19.9. The van der Waals surface area contributed by atoms with Crippen LogP contribution in [0.2, 0.25) is 0 Å². The SMILES string of the molecule is Cc1cc(CCC(=O)OC2CCC(c3ccc(OCC4CO4)cc3)CC2)ccc1OCC1CO1. The van der Waals surface area contributed by atoms with Crippen LogP contribution in [0.25, 0.3) is 0 Å². The van der Waals surface area contributed by atoms with Crippen LogP contribution in [0, 0.1) is 6.92 Å². The Morgan fingerprint density at radius 2 is 1.59 bits per heavy atom. The second kappa shape index (κ2) is 10.8. The van der Waals surface area contributed by atoms with E-state index in [1.165, 1.54) is 5.56 Å². The van der Waals surface area contributed by atoms with Crippen LogP contribution < -0.4 is 9.47 Å². The number of benzene rings is 2. The second-order valence-corrected chi connectivity index (χ2v) is 9.67. The maximum Gasteiger partial charge on any atom is 0.306 e. The Morgan fingerprint density at radius 1 is 0.912 bits per heavy atom. The largest absolute Gasteiger partial charge is 0.491 e. The zero-order valence-corrected chi connectivity index (χ0v) is 19.9. The summed E-state index contributed by atoms with van der Waals surface area (Å²) in [4.78, 5) is 12.4. The van der Waals surface area contributed by atoms with Gasteiger partial charge in [-0.05, 0) is 79.8 Å². The number of carbonyl (C=O) groups excluding carboxylic acids is 1. The first-order chi connectivity index (χ1) is 16.6. The Kier molecular flexibility index (Phi) is 7.36. The molecule has 0 aromatic heterocycles. The summed E-state index contributed by atoms with van der Waals surface area (Å²) in [7, 11) is 0. The highest BCUT2D eigenvalue weighted by Crippen LogP contribution is 2.35. The van der Waals surface area contributed by atoms with Gasteiger partial charge in [0.25, 0.3) is 0 Å². The van der Waals surface area contributed by atoms with E-state index in [2.05, 4.69) is 18.2 Å². The molecule has 2 atom stereocenters. The van der Waals surface area contributed by atoms with Crippen LogP contribution in [0.5, 0.6) is 11.5 Å². The fourth-order valence-electron chi connectivity index (χ4n) is 4.57. The normalized spacial score (nSPS) is 25.4. The molecule has 5 rings (SSSR count). The molecule has 1 aliphatic carbocycles. The van der Waals surface area contributed by atoms with E-state index in [0.29, 0.717) is 32.0 Å². The third-order valence-electron chi connectivity index (χ3n) is 6.85. The molecule has 0 radical (unpaired) electrons. The quantitative estimate of drug-likeness (QED) is 0.352. The molecule has 3 aliphatic rings. The zero-order chi connectivity index (χ0) is 23.3. The Labute approximate surface area is 201 Å². The Hall–Kier alpha value is -2.57. The molecule has 2 aromatic rings. The first-order valence-electron chi connectivity index (χ1n) is 12.5. The molecular weight excluding hydrogens is 432 g/mol. The van der Waals surface area contributed by atoms with E-state index in [-0.39, 0.29) is 24.3 Å². The van der Waals surface area contributed by atoms with Gasteiger partial charge in [-0.15, -0.1) is 0 Å². The van der Waals surface area contributed by atoms with Crippen molar-refractivity contribution in [1.29, 1.82) is 0 Å². The highest BCUT2D eigenvalue weighted by Gasteiger charge is 2.26. The molecule has 2 unspecified atom stereocenters. The van der Waals surface area contributed by atoms with E-state index in [0.717, 1.165) is 61.5 Å². The lowest BCUT2D eigenvalue weighted by Gasteiger charge is -2.28. The number of hydrogen-bond acceptors (Lipinski definition) is 6. The van der Waals surface area contributed by atoms with E-state index in [1.807, 2.05) is 31.2 Å². The van der Waals surface area contributed by atoms with Crippen LogP contribution >= 0.6 is 0 Å². The van der Waals surface area contributed by atoms with E-state index in [9.17, 15) is 4.79 Å². The molecule has 2 heterocycles. The van der Waals surface area contributed by atoms with E-state index < -0.39 is 0 Å². The molecule has 34 heavy (non-hydrogen) atoms. The van der Waals surface area contributed by atoms with Gasteiger partial charge in [-0.3, -0.25) is 4.79 Å². The molecule has 2 saturated heterocycles. The van der Waals surface area contributed by atoms with Gasteiger partial charge < -0.3 is 23.7 Å². The van der Waals surface area contributed by atoms with Gasteiger partial charge in [0, 0.05) is 6.42 Å². The number of esters is 1. The van der Waals surface area contributed by atoms with Gasteiger partial charge in [0.2, 0.25) is 0 Å². The summed E-state index contributed by atoms with van der Waals surface area (Å²) >= 11 is 0. The van der Waals surface area contributed by atoms with E-state index in [1.54, 1.807) is 0 Å². The molecule has 6 nitrogen and oxygen atoms in total. The van der Waals surface area contributed by atoms with Crippen LogP contribution in [0.4, 0.5) is 0 Å². The number of rotatable bonds is 11. The van der Waals surface area contributed by atoms with Crippen molar-refractivity contribution in [3.63, 3.8) is 0 Å². The van der Waals surface area contributed by atoms with Gasteiger partial charge in [0.05, 0.1) is 13.2 Å². The van der Waals surface area contributed by atoms with Gasteiger partial charge in [-0.25, -0.2) is 0 Å². The number of carbonyl (C=O) groups is 1. The topological polar surface area (TPSA) is 69.8 Å². The van der Waals surface area contributed by atoms with Gasteiger partial charge in [-0.2, -0.15) is 0 Å². The van der Waals surface area contributed by atoms with Crippen molar-refractivity contribution < 1.29 is 28.5 Å². The van der Waals surface area contributed by atoms with Gasteiger partial charge in [0.15, 0.2) is 0 Å². The Morgan fingerprint density at radius 3 is 2.24 bits per heavy atom. The van der Waals surface area contributed by atoms with Crippen molar-refractivity contribution in [2.45, 2.75) is 69.7 Å². The summed E-state index contributed by atoms with van der Waals surface area (Å²) in [5.41, 5.74) is 3.55. The molecule has 0 amide bonds. The molecule has 0 bridgehead atoms. The summed E-state index contributed by atoms with van der Waals surface area (Å²) in [5.74, 6) is 2.19. The second-order valence-electron chi connectivity index (χ2n) is 9.67. The predicted molar refractivity (Wildman–Crippen MR) is 128 cm³/mol. The van der Waals surface area contributed by atoms with Crippen molar-refractivity contribution in [2.75, 3.05) is 26.4 Å². The van der Waals surface area contributed by atoms with Crippen molar-refractivity contribution >= 4 is 5.97 Å². The van der Waals surface area contributed by atoms with Crippen LogP contribution in [-0.2, 0) is 25.4 Å². The molecule has 2 aromatic carbocycles. The standard InChI is InChI=1S/C28H34O6/c1-19-14-20(2-12-27(19)33-18-26-17-32-26)3-13-28(29)34-24-10-6-22(7-11-24)21-4-8-23(9-5-21)30-15-25-16-31-25/h2,4-5,8-9,12,14,22,24-26H,3,6-7,10-11,13,15-18H2,1H3. The Balaban J connectivity index is 1.01. The highest BCUT2D eigenvalue weighted by molar-refractivity contribution is 5.70. The summed E-state index contributed by atoms with van der Waals surface area (Å²) in [6, 6.07) is 14.5. The predicted octanol–water partition coefficient (Wildman–Crippen LogP) is 4.75. The fraction of sp³-hybridized carbons (Fsp3) is 0.536. The number of aryl methyl sites for hydroxylation is 2. The van der Waals surface area contributed by atoms with Crippen molar-refractivity contribution in [3.05, 3.63) is 59.2 Å². The lowest BCUT2D eigenvalue weighted by molar-refractivity contribution is -0.150. The van der Waals surface area contributed by atoms with Crippen LogP contribution in [-0.4, -0.2) is 50.7 Å². The van der Waals surface area contributed by atoms with Gasteiger partial charge >= 0.3 is 5.97 Å². The average Bonchev–Trinajstić information content (AvgIpc) is 3.77. The number of ether oxygens (including phenoxy) is 5. The third kappa shape index (κ3) is 6.73. The molecule has 2 aliphatic heterocycles. The summed E-state index contributed by atoms with van der Waals surface area (Å²) in [6.07, 6.45) is 5.57. The van der Waals surface area contributed by atoms with Gasteiger partial charge in [0.1, 0.15) is 43.0 Å². The lowest BCUT2D eigenvalue weighted by Crippen LogP contribution is -2.24. The number of epoxide rings is 2. The lowest BCUT2D eigenvalue weighted by atomic mass is 9.83. The van der Waals surface area contributed by atoms with Crippen LogP contribution in [0.15, 0.2) is 42.5 Å². The minimum absolute atomic E-state index is 0.0343. The molecule has 1 saturated carbocycles.